The molecule has 10 N–H and O–H groups in total. The molecule has 594 valence electrons. The van der Waals surface area contributed by atoms with Crippen LogP contribution in [0.4, 0.5) is 91.1 Å². The highest BCUT2D eigenvalue weighted by atomic mass is 19.2. The van der Waals surface area contributed by atoms with Gasteiger partial charge in [0.2, 0.25) is 17.6 Å². The minimum absolute atomic E-state index is 0.000504. The Morgan fingerprint density at radius 3 is 1.01 bits per heavy atom. The van der Waals surface area contributed by atoms with E-state index in [0.717, 1.165) is 96.1 Å². The first-order chi connectivity index (χ1) is 54.9. The summed E-state index contributed by atoms with van der Waals surface area (Å²) in [4.78, 5) is 81.3. The summed E-state index contributed by atoms with van der Waals surface area (Å²) in [6.45, 7) is 17.2. The number of H-pyrrole nitrogens is 3. The molecule has 6 aromatic heterocycles. The Morgan fingerprint density at radius 1 is 0.404 bits per heavy atom. The van der Waals surface area contributed by atoms with E-state index in [9.17, 15) is 31.9 Å². The number of fused-ring (bicyclic) bond motifs is 3. The van der Waals surface area contributed by atoms with Crippen molar-refractivity contribution >= 4 is 102 Å². The largest absolute Gasteiger partial charge is 0.435 e. The lowest BCUT2D eigenvalue weighted by molar-refractivity contribution is 0.0952. The van der Waals surface area contributed by atoms with Gasteiger partial charge in [0, 0.05) is 168 Å². The van der Waals surface area contributed by atoms with E-state index in [2.05, 4.69) is 98.8 Å². The third-order valence-corrected chi connectivity index (χ3v) is 19.2. The van der Waals surface area contributed by atoms with Gasteiger partial charge in [-0.1, -0.05) is 6.92 Å². The molecule has 3 aliphatic heterocycles. The van der Waals surface area contributed by atoms with E-state index in [1.54, 1.807) is 57.2 Å². The SMILES string of the molecule is CCN1CCN(c2ccc(Nc3ncnc(Oc4cc(F)c5[nH]c(C)cc5c4F)c3C(=O)NC)cc2F)CC1.CNC(=O)c1c(Nc2ccc(N3CCN(C)CC3)c(F)c2)ncnc1Oc1cc(F)c2[nH]c(C)cc2c1F.CNC(=O)c1c(Nc2ccc(N3CCNCC3)c(F)c2)ncnc1Oc1cc(F)c2[nH]c(C)cc2c1F. The fraction of sp³-hybridized carbons (Fsp3) is 0.269. The zero-order valence-corrected chi connectivity index (χ0v) is 62.9. The molecule has 15 rings (SSSR count). The van der Waals surface area contributed by atoms with E-state index >= 15 is 22.0 Å². The molecule has 3 saturated heterocycles. The second-order valence-corrected chi connectivity index (χ2v) is 26.8. The van der Waals surface area contributed by atoms with E-state index in [0.29, 0.717) is 77.4 Å². The molecule has 9 heterocycles. The fourth-order valence-corrected chi connectivity index (χ4v) is 13.3. The minimum Gasteiger partial charge on any atom is -0.435 e. The van der Waals surface area contributed by atoms with Crippen molar-refractivity contribution in [3.8, 4) is 34.9 Å². The summed E-state index contributed by atoms with van der Waals surface area (Å²) in [5.41, 5.74) is 3.67. The molecular formula is C78H78F9N21O6. The third-order valence-electron chi connectivity index (χ3n) is 19.2. The van der Waals surface area contributed by atoms with Crippen LogP contribution in [0.25, 0.3) is 32.7 Å². The highest BCUT2D eigenvalue weighted by Gasteiger charge is 2.30. The number of hydrogen-bond acceptors (Lipinski definition) is 21. The smallest absolute Gasteiger partial charge is 0.260 e. The van der Waals surface area contributed by atoms with Crippen molar-refractivity contribution < 1.29 is 68.1 Å². The number of hydrogen-bond donors (Lipinski definition) is 10. The van der Waals surface area contributed by atoms with Crippen molar-refractivity contribution in [3.63, 3.8) is 0 Å². The first-order valence-corrected chi connectivity index (χ1v) is 36.1. The lowest BCUT2D eigenvalue weighted by atomic mass is 10.2. The second-order valence-electron chi connectivity index (χ2n) is 26.8. The number of rotatable bonds is 19. The Balaban J connectivity index is 0.000000149. The summed E-state index contributed by atoms with van der Waals surface area (Å²) < 4.78 is 151. The first kappa shape index (κ1) is 79.1. The van der Waals surface area contributed by atoms with Crippen molar-refractivity contribution in [2.75, 3.05) is 144 Å². The van der Waals surface area contributed by atoms with Crippen molar-refractivity contribution in [2.45, 2.75) is 27.7 Å². The van der Waals surface area contributed by atoms with Crippen molar-refractivity contribution in [2.24, 2.45) is 0 Å². The number of aromatic amines is 3. The van der Waals surface area contributed by atoms with E-state index in [-0.39, 0.29) is 84.5 Å². The normalized spacial score (nSPS) is 13.9. The van der Waals surface area contributed by atoms with Gasteiger partial charge in [0.15, 0.2) is 69.6 Å². The lowest BCUT2D eigenvalue weighted by Gasteiger charge is -2.35. The second kappa shape index (κ2) is 34.3. The summed E-state index contributed by atoms with van der Waals surface area (Å²) in [5, 5.41) is 19.4. The van der Waals surface area contributed by atoms with Crippen LogP contribution in [0.1, 0.15) is 55.1 Å². The van der Waals surface area contributed by atoms with Crippen molar-refractivity contribution in [3.05, 3.63) is 196 Å². The number of carbonyl (C=O) groups is 3. The van der Waals surface area contributed by atoms with Gasteiger partial charge >= 0.3 is 0 Å². The summed E-state index contributed by atoms with van der Waals surface area (Å²) in [6.07, 6.45) is 3.31. The van der Waals surface area contributed by atoms with Gasteiger partial charge in [0.05, 0.1) is 33.6 Å². The van der Waals surface area contributed by atoms with Crippen LogP contribution >= 0.6 is 0 Å². The molecule has 0 spiro atoms. The number of anilines is 9. The van der Waals surface area contributed by atoms with Gasteiger partial charge in [0.1, 0.15) is 53.1 Å². The Bertz CT molecular complexity index is 5610. The maximum atomic E-state index is 15.2. The van der Waals surface area contributed by atoms with Crippen LogP contribution < -0.4 is 66.1 Å². The molecular weight excluding hydrogens is 1500 g/mol. The van der Waals surface area contributed by atoms with Crippen LogP contribution in [0.5, 0.6) is 34.9 Å². The van der Waals surface area contributed by atoms with Crippen LogP contribution in [-0.4, -0.2) is 186 Å². The number of nitrogens with one attached hydrogen (secondary N) is 10. The van der Waals surface area contributed by atoms with Gasteiger partial charge in [-0.05, 0) is 107 Å². The van der Waals surface area contributed by atoms with Crippen LogP contribution in [0, 0.1) is 73.1 Å². The van der Waals surface area contributed by atoms with E-state index in [1.807, 2.05) is 21.7 Å². The summed E-state index contributed by atoms with van der Waals surface area (Å²) >= 11 is 0. The number of piperazine rings is 3. The zero-order valence-electron chi connectivity index (χ0n) is 62.9. The maximum Gasteiger partial charge on any atom is 0.260 e. The maximum absolute atomic E-state index is 15.2. The van der Waals surface area contributed by atoms with Gasteiger partial charge in [-0.3, -0.25) is 14.4 Å². The molecule has 3 aliphatic rings. The standard InChI is InChI=1S/C27H28F3N7O2.C26H26F3N7O2.C25H24F3N7O2/c1-4-36-7-9-37(10-8-36)20-6-5-16(12-18(20)28)35-25-22(26(38)31-3)27(33-14-32-25)39-21-13-19(29)24-17(23(21)30)11-15(2)34-24;1-14-10-16-22(29)20(12-18(28)23(16)33-14)38-26-21(25(37)30-2)24(31-13-32-26)34-15-4-5-19(17(27)11-15)36-8-6-35(3)7-9-36;1-13-9-15-21(28)19(11-17(27)22(15)33-13)37-25-20(24(36)29-2)23(31-12-32-25)34-14-3-4-18(16(26)10-14)35-7-5-30-6-8-35/h5-6,11-14,34H,4,7-10H2,1-3H3,(H,31,38)(H,32,33,35);4-5,10-13,33H,6-9H2,1-3H3,(H,30,37)(H,31,32,34);3-4,9-12,30,33H,5-8H2,1-2H3,(H,29,36)(H,31,32,34). The highest BCUT2D eigenvalue weighted by molar-refractivity contribution is 6.03. The van der Waals surface area contributed by atoms with Gasteiger partial charge in [0.25, 0.3) is 17.7 Å². The quantitative estimate of drug-likeness (QED) is 0.0336. The Kier molecular flexibility index (Phi) is 23.8. The number of amides is 3. The number of likely N-dealkylation sites (N-methyl/N-ethyl adjacent to an activating group) is 2. The molecule has 3 amide bonds. The monoisotopic (exact) mass is 1580 g/mol. The summed E-state index contributed by atoms with van der Waals surface area (Å²) in [6, 6.07) is 20.9. The molecule has 0 aliphatic carbocycles. The molecule has 0 radical (unpaired) electrons. The summed E-state index contributed by atoms with van der Waals surface area (Å²) in [7, 11) is 6.20. The Morgan fingerprint density at radius 2 is 0.711 bits per heavy atom. The predicted molar refractivity (Wildman–Crippen MR) is 414 cm³/mol. The number of carbonyl (C=O) groups excluding carboxylic acids is 3. The molecule has 3 fully saturated rings. The number of halogens is 9. The highest BCUT2D eigenvalue weighted by Crippen LogP contribution is 2.40. The van der Waals surface area contributed by atoms with Crippen LogP contribution in [0.2, 0.25) is 0 Å². The number of aromatic nitrogens is 9. The van der Waals surface area contributed by atoms with Crippen LogP contribution in [0.15, 0.2) is 110 Å². The number of benzene rings is 6. The van der Waals surface area contributed by atoms with Crippen molar-refractivity contribution in [1.82, 2.24) is 75.9 Å². The Labute approximate surface area is 646 Å². The van der Waals surface area contributed by atoms with Crippen LogP contribution in [0.3, 0.4) is 0 Å². The van der Waals surface area contributed by atoms with E-state index in [4.69, 9.17) is 14.2 Å². The summed E-state index contributed by atoms with van der Waals surface area (Å²) in [5.74, 6) is -10.1. The minimum atomic E-state index is -0.817. The third kappa shape index (κ3) is 17.1. The first-order valence-electron chi connectivity index (χ1n) is 36.1. The topological polar surface area (TPSA) is 304 Å². The zero-order chi connectivity index (χ0) is 80.8. The van der Waals surface area contributed by atoms with Gasteiger partial charge in [-0.25, -0.2) is 69.4 Å². The Hall–Kier alpha value is -13.0. The van der Waals surface area contributed by atoms with Crippen molar-refractivity contribution in [1.29, 1.82) is 0 Å². The molecule has 0 atom stereocenters. The molecule has 114 heavy (non-hydrogen) atoms. The fourth-order valence-electron chi connectivity index (χ4n) is 13.3. The average Bonchev–Trinajstić information content (AvgIpc) is 1.54. The van der Waals surface area contributed by atoms with Gasteiger partial charge in [-0.15, -0.1) is 0 Å². The lowest BCUT2D eigenvalue weighted by Crippen LogP contribution is -2.46. The molecule has 0 bridgehead atoms. The molecule has 0 saturated carbocycles. The molecule has 12 aromatic rings. The van der Waals surface area contributed by atoms with Gasteiger partial charge in [-0.2, -0.15) is 0 Å². The number of ether oxygens (including phenoxy) is 3. The molecule has 6 aromatic carbocycles. The van der Waals surface area contributed by atoms with E-state index in [1.165, 1.54) is 57.5 Å². The van der Waals surface area contributed by atoms with Gasteiger partial charge < -0.3 is 90.9 Å². The molecule has 0 unspecified atom stereocenters. The average molecular weight is 1580 g/mol. The number of nitrogens with zero attached hydrogens (tertiary/aromatic N) is 11. The van der Waals surface area contributed by atoms with Crippen LogP contribution in [-0.2, 0) is 0 Å². The molecule has 27 nitrogen and oxygen atoms in total. The van der Waals surface area contributed by atoms with E-state index < -0.39 is 87.3 Å². The predicted octanol–water partition coefficient (Wildman–Crippen LogP) is 13.0. The molecule has 36 heteroatoms. The number of aryl methyl sites for hydroxylation is 3.